The summed E-state index contributed by atoms with van der Waals surface area (Å²) >= 11 is 5.91. The van der Waals surface area contributed by atoms with Crippen molar-refractivity contribution in [2.75, 3.05) is 0 Å². The lowest BCUT2D eigenvalue weighted by atomic mass is 10.1. The van der Waals surface area contributed by atoms with Crippen LogP contribution in [0, 0.1) is 0 Å². The third-order valence-corrected chi connectivity index (χ3v) is 6.86. The fourth-order valence-corrected chi connectivity index (χ4v) is 4.74. The van der Waals surface area contributed by atoms with Crippen LogP contribution in [0.4, 0.5) is 0 Å². The third kappa shape index (κ3) is 4.85. The Hall–Kier alpha value is -2.67. The van der Waals surface area contributed by atoms with Crippen LogP contribution in [0.25, 0.3) is 0 Å². The number of carboxylic acid groups (broad SMARTS) is 1. The van der Waals surface area contributed by atoms with Crippen LogP contribution in [0.3, 0.4) is 0 Å². The van der Waals surface area contributed by atoms with E-state index < -0.39 is 22.0 Å². The van der Waals surface area contributed by atoms with Crippen molar-refractivity contribution >= 4 is 27.6 Å². The lowest BCUT2D eigenvalue weighted by molar-refractivity contribution is 0.0697. The van der Waals surface area contributed by atoms with Crippen molar-refractivity contribution in [3.8, 4) is 0 Å². The first-order valence-electron chi connectivity index (χ1n) is 8.93. The van der Waals surface area contributed by atoms with Gasteiger partial charge in [-0.25, -0.2) is 13.2 Å². The first kappa shape index (κ1) is 21.0. The van der Waals surface area contributed by atoms with E-state index in [1.165, 1.54) is 28.6 Å². The molecule has 0 aromatic heterocycles. The summed E-state index contributed by atoms with van der Waals surface area (Å²) in [7, 11) is -3.83. The van der Waals surface area contributed by atoms with Crippen LogP contribution in [0.5, 0.6) is 0 Å². The zero-order valence-electron chi connectivity index (χ0n) is 15.7. The van der Waals surface area contributed by atoms with Gasteiger partial charge in [-0.1, -0.05) is 54.1 Å². The SMILES string of the molecule is C[C@@H](c1ccccc1)N(Cc1ccc(C(=O)O)cc1)S(=O)(=O)c1ccc(Cl)cc1. The summed E-state index contributed by atoms with van der Waals surface area (Å²) in [6.45, 7) is 1.93. The number of carbonyl (C=O) groups is 1. The zero-order chi connectivity index (χ0) is 21.0. The number of aromatic carboxylic acids is 1. The Morgan fingerprint density at radius 3 is 2.10 bits per heavy atom. The molecule has 0 bridgehead atoms. The number of hydrogen-bond acceptors (Lipinski definition) is 3. The van der Waals surface area contributed by atoms with E-state index in [1.54, 1.807) is 24.3 Å². The molecule has 5 nitrogen and oxygen atoms in total. The molecule has 1 atom stereocenters. The molecule has 3 aromatic rings. The van der Waals surface area contributed by atoms with E-state index in [2.05, 4.69) is 0 Å². The highest BCUT2D eigenvalue weighted by atomic mass is 35.5. The summed E-state index contributed by atoms with van der Waals surface area (Å²) in [6.07, 6.45) is 0. The van der Waals surface area contributed by atoms with Crippen molar-refractivity contribution in [3.05, 3.63) is 101 Å². The zero-order valence-corrected chi connectivity index (χ0v) is 17.3. The topological polar surface area (TPSA) is 74.7 Å². The average molecular weight is 430 g/mol. The molecule has 0 spiro atoms. The minimum atomic E-state index is -3.83. The monoisotopic (exact) mass is 429 g/mol. The highest BCUT2D eigenvalue weighted by molar-refractivity contribution is 7.89. The Labute approximate surface area is 175 Å². The van der Waals surface area contributed by atoms with Gasteiger partial charge in [0, 0.05) is 17.6 Å². The van der Waals surface area contributed by atoms with Crippen molar-refractivity contribution < 1.29 is 18.3 Å². The van der Waals surface area contributed by atoms with Gasteiger partial charge in [0.2, 0.25) is 10.0 Å². The molecule has 0 unspecified atom stereocenters. The van der Waals surface area contributed by atoms with E-state index in [9.17, 15) is 13.2 Å². The molecule has 1 N–H and O–H groups in total. The molecule has 0 radical (unpaired) electrons. The van der Waals surface area contributed by atoms with Gasteiger partial charge >= 0.3 is 5.97 Å². The van der Waals surface area contributed by atoms with Gasteiger partial charge in [0.25, 0.3) is 0 Å². The molecule has 0 fully saturated rings. The van der Waals surface area contributed by atoms with Gasteiger partial charge in [-0.15, -0.1) is 0 Å². The smallest absolute Gasteiger partial charge is 0.335 e. The molecule has 29 heavy (non-hydrogen) atoms. The number of halogens is 1. The molecule has 0 aliphatic carbocycles. The predicted octanol–water partition coefficient (Wildman–Crippen LogP) is 4.99. The lowest BCUT2D eigenvalue weighted by Gasteiger charge is -2.29. The predicted molar refractivity (Wildman–Crippen MR) is 112 cm³/mol. The minimum Gasteiger partial charge on any atom is -0.478 e. The van der Waals surface area contributed by atoms with Crippen LogP contribution in [0.1, 0.15) is 34.5 Å². The van der Waals surface area contributed by atoms with Gasteiger partial charge in [0.15, 0.2) is 0 Å². The average Bonchev–Trinajstić information content (AvgIpc) is 2.72. The van der Waals surface area contributed by atoms with Crippen molar-refractivity contribution in [2.45, 2.75) is 24.4 Å². The molecular formula is C22H20ClNO4S. The summed E-state index contributed by atoms with van der Waals surface area (Å²) in [5.41, 5.74) is 1.69. The standard InChI is InChI=1S/C22H20ClNO4S/c1-16(18-5-3-2-4-6-18)24(15-17-7-9-19(10-8-17)22(25)26)29(27,28)21-13-11-20(23)12-14-21/h2-14,16H,15H2,1H3,(H,25,26)/t16-/m0/s1. The Bertz CT molecular complexity index is 1080. The Morgan fingerprint density at radius 2 is 1.55 bits per heavy atom. The maximum atomic E-state index is 13.4. The molecular weight excluding hydrogens is 410 g/mol. The second kappa shape index (κ2) is 8.78. The summed E-state index contributed by atoms with van der Waals surface area (Å²) in [4.78, 5) is 11.2. The van der Waals surface area contributed by atoms with Gasteiger partial charge in [-0.05, 0) is 54.4 Å². The fraction of sp³-hybridized carbons (Fsp3) is 0.136. The van der Waals surface area contributed by atoms with Gasteiger partial charge < -0.3 is 5.11 Å². The van der Waals surface area contributed by atoms with E-state index in [4.69, 9.17) is 16.7 Å². The summed E-state index contributed by atoms with van der Waals surface area (Å²) < 4.78 is 28.3. The number of carboxylic acids is 1. The van der Waals surface area contributed by atoms with Crippen LogP contribution in [-0.4, -0.2) is 23.8 Å². The molecule has 0 aliphatic heterocycles. The van der Waals surface area contributed by atoms with E-state index >= 15 is 0 Å². The van der Waals surface area contributed by atoms with Crippen LogP contribution in [-0.2, 0) is 16.6 Å². The summed E-state index contributed by atoms with van der Waals surface area (Å²) in [5, 5.41) is 9.53. The molecule has 0 amide bonds. The molecule has 7 heteroatoms. The molecule has 0 saturated heterocycles. The second-order valence-electron chi connectivity index (χ2n) is 6.59. The van der Waals surface area contributed by atoms with Crippen molar-refractivity contribution in [1.82, 2.24) is 4.31 Å². The maximum Gasteiger partial charge on any atom is 0.335 e. The van der Waals surface area contributed by atoms with E-state index in [1.807, 2.05) is 37.3 Å². The summed E-state index contributed by atoms with van der Waals surface area (Å²) in [6, 6.07) is 21.2. The highest BCUT2D eigenvalue weighted by Gasteiger charge is 2.30. The van der Waals surface area contributed by atoms with Gasteiger partial charge in [0.1, 0.15) is 0 Å². The quantitative estimate of drug-likeness (QED) is 0.574. The van der Waals surface area contributed by atoms with Crippen molar-refractivity contribution in [3.63, 3.8) is 0 Å². The van der Waals surface area contributed by atoms with Gasteiger partial charge in [0.05, 0.1) is 10.5 Å². The van der Waals surface area contributed by atoms with Crippen LogP contribution in [0.15, 0.2) is 83.8 Å². The first-order valence-corrected chi connectivity index (χ1v) is 10.8. The van der Waals surface area contributed by atoms with Crippen molar-refractivity contribution in [2.24, 2.45) is 0 Å². The number of benzene rings is 3. The molecule has 150 valence electrons. The van der Waals surface area contributed by atoms with Gasteiger partial charge in [-0.3, -0.25) is 0 Å². The van der Waals surface area contributed by atoms with Crippen molar-refractivity contribution in [1.29, 1.82) is 0 Å². The first-order chi connectivity index (χ1) is 13.8. The molecule has 0 heterocycles. The Morgan fingerprint density at radius 1 is 0.966 bits per heavy atom. The molecule has 0 saturated carbocycles. The third-order valence-electron chi connectivity index (χ3n) is 4.67. The number of rotatable bonds is 7. The maximum absolute atomic E-state index is 13.4. The fourth-order valence-electron chi connectivity index (χ4n) is 3.00. The molecule has 0 aliphatic rings. The van der Waals surface area contributed by atoms with Crippen LogP contribution in [0.2, 0.25) is 5.02 Å². The lowest BCUT2D eigenvalue weighted by Crippen LogP contribution is -2.33. The molecule has 3 aromatic carbocycles. The normalized spacial score (nSPS) is 12.7. The number of hydrogen-bond donors (Lipinski definition) is 1. The Kier molecular flexibility index (Phi) is 6.37. The largest absolute Gasteiger partial charge is 0.478 e. The van der Waals surface area contributed by atoms with Crippen LogP contribution >= 0.6 is 11.6 Å². The number of sulfonamides is 1. The molecule has 3 rings (SSSR count). The van der Waals surface area contributed by atoms with E-state index in [0.717, 1.165) is 5.56 Å². The number of nitrogens with zero attached hydrogens (tertiary/aromatic N) is 1. The van der Waals surface area contributed by atoms with Crippen LogP contribution < -0.4 is 0 Å². The second-order valence-corrected chi connectivity index (χ2v) is 8.92. The minimum absolute atomic E-state index is 0.0981. The highest BCUT2D eigenvalue weighted by Crippen LogP contribution is 2.30. The van der Waals surface area contributed by atoms with Gasteiger partial charge in [-0.2, -0.15) is 4.31 Å². The summed E-state index contributed by atoms with van der Waals surface area (Å²) in [5.74, 6) is -1.03. The Balaban J connectivity index is 2.01. The van der Waals surface area contributed by atoms with E-state index in [-0.39, 0.29) is 17.0 Å². The van der Waals surface area contributed by atoms with E-state index in [0.29, 0.717) is 10.6 Å².